The van der Waals surface area contributed by atoms with Crippen LogP contribution in [0.4, 0.5) is 17.3 Å². The molecule has 0 aliphatic rings. The minimum absolute atomic E-state index is 0.0869. The van der Waals surface area contributed by atoms with Crippen LogP contribution >= 0.6 is 0 Å². The van der Waals surface area contributed by atoms with E-state index in [2.05, 4.69) is 15.0 Å². The number of nitro groups is 1. The molecular formula is C22H23N5O4. The molecule has 2 aromatic heterocycles. The van der Waals surface area contributed by atoms with Crippen molar-refractivity contribution in [3.05, 3.63) is 70.7 Å². The number of aryl methyl sites for hydroxylation is 1. The second-order valence-corrected chi connectivity index (χ2v) is 7.95. The Kier molecular flexibility index (Phi) is 6.24. The lowest BCUT2D eigenvalue weighted by Gasteiger charge is -2.26. The summed E-state index contributed by atoms with van der Waals surface area (Å²) in [4.78, 5) is 37.8. The average Bonchev–Trinajstić information content (AvgIpc) is 2.75. The Labute approximate surface area is 179 Å². The third kappa shape index (κ3) is 5.19. The molecule has 1 aromatic carbocycles. The molecule has 0 atom stereocenters. The molecule has 0 saturated heterocycles. The van der Waals surface area contributed by atoms with Crippen molar-refractivity contribution in [2.45, 2.75) is 27.7 Å². The first kappa shape index (κ1) is 21.8. The lowest BCUT2D eigenvalue weighted by molar-refractivity contribution is -0.384. The molecule has 0 radical (unpaired) electrons. The molecule has 31 heavy (non-hydrogen) atoms. The predicted octanol–water partition coefficient (Wildman–Crippen LogP) is 4.44. The maximum Gasteiger partial charge on any atom is 0.312 e. The highest BCUT2D eigenvalue weighted by Crippen LogP contribution is 2.31. The minimum Gasteiger partial charge on any atom is -0.443 e. The predicted molar refractivity (Wildman–Crippen MR) is 116 cm³/mol. The zero-order valence-electron chi connectivity index (χ0n) is 17.8. The van der Waals surface area contributed by atoms with Crippen LogP contribution in [0.15, 0.2) is 55.0 Å². The topological polar surface area (TPSA) is 111 Å². The highest BCUT2D eigenvalue weighted by Gasteiger charge is 2.26. The summed E-state index contributed by atoms with van der Waals surface area (Å²) >= 11 is 0. The van der Waals surface area contributed by atoms with Gasteiger partial charge < -0.3 is 4.74 Å². The molecular weight excluding hydrogens is 398 g/mol. The summed E-state index contributed by atoms with van der Waals surface area (Å²) in [7, 11) is 0. The Bertz CT molecular complexity index is 1100. The average molecular weight is 421 g/mol. The molecule has 0 unspecified atom stereocenters. The number of ether oxygens (including phenoxy) is 1. The third-order valence-electron chi connectivity index (χ3n) is 4.47. The molecule has 2 heterocycles. The number of hydrogen-bond donors (Lipinski definition) is 0. The fourth-order valence-electron chi connectivity index (χ4n) is 2.73. The maximum atomic E-state index is 12.4. The second kappa shape index (κ2) is 8.86. The summed E-state index contributed by atoms with van der Waals surface area (Å²) in [6.45, 7) is 6.85. The molecule has 0 spiro atoms. The number of non-ortho nitro benzene ring substituents is 1. The number of carbonyl (C=O) groups excluding carboxylic acids is 1. The van der Waals surface area contributed by atoms with E-state index in [0.717, 1.165) is 11.1 Å². The molecule has 0 N–H and O–H groups in total. The Morgan fingerprint density at radius 3 is 2.61 bits per heavy atom. The molecule has 0 fully saturated rings. The van der Waals surface area contributed by atoms with Crippen molar-refractivity contribution in [2.24, 2.45) is 5.41 Å². The number of pyridine rings is 1. The second-order valence-electron chi connectivity index (χ2n) is 7.95. The number of esters is 1. The van der Waals surface area contributed by atoms with Gasteiger partial charge in [-0.15, -0.1) is 0 Å². The fourth-order valence-corrected chi connectivity index (χ4v) is 2.73. The molecule has 3 aromatic rings. The van der Waals surface area contributed by atoms with Gasteiger partial charge in [-0.3, -0.25) is 24.8 Å². The molecule has 3 rings (SSSR count). The Morgan fingerprint density at radius 1 is 1.19 bits per heavy atom. The lowest BCUT2D eigenvalue weighted by atomic mass is 9.97. The van der Waals surface area contributed by atoms with Crippen LogP contribution in [0.3, 0.4) is 0 Å². The monoisotopic (exact) mass is 421 g/mol. The van der Waals surface area contributed by atoms with E-state index in [0.29, 0.717) is 11.4 Å². The van der Waals surface area contributed by atoms with Crippen LogP contribution in [0.25, 0.3) is 11.3 Å². The van der Waals surface area contributed by atoms with Crippen molar-refractivity contribution in [3.8, 4) is 11.3 Å². The SMILES string of the molecule is Cc1ccc([N+](=O)[O-])cc1N(COC(=O)C(C)(C)C)c1nccc(-c2cccnc2)n1. The highest BCUT2D eigenvalue weighted by molar-refractivity contribution is 5.76. The standard InChI is InChI=1S/C22H23N5O4/c1-15-7-8-17(27(29)30)12-19(15)26(14-31-20(28)22(2,3)4)21-24-11-9-18(25-21)16-6-5-10-23-13-16/h5-13H,14H2,1-4H3. The largest absolute Gasteiger partial charge is 0.443 e. The summed E-state index contributed by atoms with van der Waals surface area (Å²) in [5, 5.41) is 11.3. The molecule has 0 bridgehead atoms. The number of carbonyl (C=O) groups is 1. The van der Waals surface area contributed by atoms with Crippen LogP contribution in [0.5, 0.6) is 0 Å². The first-order chi connectivity index (χ1) is 14.7. The number of anilines is 2. The van der Waals surface area contributed by atoms with E-state index in [1.807, 2.05) is 13.0 Å². The van der Waals surface area contributed by atoms with Gasteiger partial charge in [-0.25, -0.2) is 9.97 Å². The molecule has 0 aliphatic carbocycles. The van der Waals surface area contributed by atoms with Gasteiger partial charge in [-0.05, 0) is 51.5 Å². The number of hydrogen-bond acceptors (Lipinski definition) is 8. The molecule has 0 saturated carbocycles. The molecule has 0 aliphatic heterocycles. The zero-order valence-corrected chi connectivity index (χ0v) is 17.8. The normalized spacial score (nSPS) is 11.1. The Balaban J connectivity index is 2.06. The van der Waals surface area contributed by atoms with Gasteiger partial charge in [0.15, 0.2) is 6.73 Å². The number of nitrogens with zero attached hydrogens (tertiary/aromatic N) is 5. The van der Waals surface area contributed by atoms with Crippen LogP contribution < -0.4 is 4.90 Å². The van der Waals surface area contributed by atoms with Crippen molar-refractivity contribution < 1.29 is 14.5 Å². The summed E-state index contributed by atoms with van der Waals surface area (Å²) in [6.07, 6.45) is 4.92. The van der Waals surface area contributed by atoms with Gasteiger partial charge in [0.05, 0.1) is 21.7 Å². The van der Waals surface area contributed by atoms with E-state index < -0.39 is 16.3 Å². The molecule has 0 amide bonds. The summed E-state index contributed by atoms with van der Waals surface area (Å²) < 4.78 is 5.50. The number of rotatable bonds is 6. The quantitative estimate of drug-likeness (QED) is 0.248. The van der Waals surface area contributed by atoms with Gasteiger partial charge in [0.1, 0.15) is 0 Å². The van der Waals surface area contributed by atoms with Crippen molar-refractivity contribution in [2.75, 3.05) is 11.6 Å². The van der Waals surface area contributed by atoms with Gasteiger partial charge in [0, 0.05) is 36.3 Å². The van der Waals surface area contributed by atoms with E-state index in [9.17, 15) is 14.9 Å². The first-order valence-electron chi connectivity index (χ1n) is 9.60. The van der Waals surface area contributed by atoms with Gasteiger partial charge in [0.2, 0.25) is 5.95 Å². The van der Waals surface area contributed by atoms with Gasteiger partial charge >= 0.3 is 5.97 Å². The molecule has 160 valence electrons. The van der Waals surface area contributed by atoms with Gasteiger partial charge in [-0.2, -0.15) is 0 Å². The van der Waals surface area contributed by atoms with Crippen LogP contribution in [0, 0.1) is 22.5 Å². The fraction of sp³-hybridized carbons (Fsp3) is 0.273. The van der Waals surface area contributed by atoms with E-state index in [1.54, 1.807) is 62.5 Å². The van der Waals surface area contributed by atoms with Crippen LogP contribution in [0.2, 0.25) is 0 Å². The van der Waals surface area contributed by atoms with Gasteiger partial charge in [-0.1, -0.05) is 6.07 Å². The maximum absolute atomic E-state index is 12.4. The van der Waals surface area contributed by atoms with Crippen LogP contribution in [-0.4, -0.2) is 32.6 Å². The van der Waals surface area contributed by atoms with E-state index in [-0.39, 0.29) is 18.4 Å². The molecule has 9 nitrogen and oxygen atoms in total. The summed E-state index contributed by atoms with van der Waals surface area (Å²) in [5.41, 5.74) is 1.83. The third-order valence-corrected chi connectivity index (χ3v) is 4.47. The number of nitro benzene ring substituents is 1. The number of benzene rings is 1. The number of aromatic nitrogens is 3. The van der Waals surface area contributed by atoms with Crippen LogP contribution in [-0.2, 0) is 9.53 Å². The smallest absolute Gasteiger partial charge is 0.312 e. The highest BCUT2D eigenvalue weighted by atomic mass is 16.6. The Hall–Kier alpha value is -3.88. The first-order valence-corrected chi connectivity index (χ1v) is 9.60. The Morgan fingerprint density at radius 2 is 1.97 bits per heavy atom. The minimum atomic E-state index is -0.707. The zero-order chi connectivity index (χ0) is 22.6. The van der Waals surface area contributed by atoms with E-state index >= 15 is 0 Å². The van der Waals surface area contributed by atoms with Crippen molar-refractivity contribution in [3.63, 3.8) is 0 Å². The van der Waals surface area contributed by atoms with E-state index in [4.69, 9.17) is 4.74 Å². The van der Waals surface area contributed by atoms with Crippen molar-refractivity contribution >= 4 is 23.3 Å². The summed E-state index contributed by atoms with van der Waals surface area (Å²) in [5.74, 6) is -0.171. The van der Waals surface area contributed by atoms with Crippen LogP contribution in [0.1, 0.15) is 26.3 Å². The van der Waals surface area contributed by atoms with Gasteiger partial charge in [0.25, 0.3) is 5.69 Å². The van der Waals surface area contributed by atoms with E-state index in [1.165, 1.54) is 12.1 Å². The van der Waals surface area contributed by atoms with Crippen molar-refractivity contribution in [1.29, 1.82) is 0 Å². The molecule has 9 heteroatoms. The summed E-state index contributed by atoms with van der Waals surface area (Å²) in [6, 6.07) is 9.87. The lowest BCUT2D eigenvalue weighted by Crippen LogP contribution is -2.30. The van der Waals surface area contributed by atoms with Crippen molar-refractivity contribution in [1.82, 2.24) is 15.0 Å².